The van der Waals surface area contributed by atoms with Gasteiger partial charge in [0.1, 0.15) is 6.61 Å². The zero-order valence-corrected chi connectivity index (χ0v) is 12.6. The number of aliphatic hydroxyl groups is 1. The lowest BCUT2D eigenvalue weighted by Crippen LogP contribution is -2.03. The molecule has 1 aliphatic carbocycles. The number of nitrogens with zero attached hydrogens (tertiary/aromatic N) is 3. The van der Waals surface area contributed by atoms with Crippen molar-refractivity contribution in [3.8, 4) is 0 Å². The van der Waals surface area contributed by atoms with Crippen molar-refractivity contribution < 1.29 is 5.11 Å². The lowest BCUT2D eigenvalue weighted by Gasteiger charge is -2.07. The molecule has 6 heteroatoms. The van der Waals surface area contributed by atoms with Crippen molar-refractivity contribution in [3.63, 3.8) is 0 Å². The van der Waals surface area contributed by atoms with Crippen molar-refractivity contribution in [3.05, 3.63) is 40.7 Å². The summed E-state index contributed by atoms with van der Waals surface area (Å²) in [6.07, 6.45) is 3.26. The van der Waals surface area contributed by atoms with Crippen LogP contribution in [0.15, 0.2) is 29.4 Å². The number of aliphatic hydroxyl groups excluding tert-OH is 1. The van der Waals surface area contributed by atoms with Gasteiger partial charge in [0, 0.05) is 16.8 Å². The molecule has 0 saturated heterocycles. The molecule has 1 fully saturated rings. The molecule has 0 aliphatic heterocycles. The van der Waals surface area contributed by atoms with Crippen molar-refractivity contribution in [1.29, 1.82) is 0 Å². The Labute approximate surface area is 127 Å². The van der Waals surface area contributed by atoms with E-state index in [0.29, 0.717) is 11.9 Å². The first-order valence-corrected chi connectivity index (χ1v) is 8.06. The van der Waals surface area contributed by atoms with Gasteiger partial charge in [-0.05, 0) is 37.0 Å². The minimum Gasteiger partial charge on any atom is -0.388 e. The molecule has 20 heavy (non-hydrogen) atoms. The average molecular weight is 310 g/mol. The first-order valence-electron chi connectivity index (χ1n) is 6.70. The van der Waals surface area contributed by atoms with Crippen LogP contribution in [0.1, 0.15) is 30.3 Å². The second-order valence-corrected chi connectivity index (χ2v) is 6.38. The SMILES string of the molecule is OCc1nnc(SCCc2cccc(Cl)c2)n1C1CC1. The minimum absolute atomic E-state index is 0.0433. The fourth-order valence-electron chi connectivity index (χ4n) is 2.17. The van der Waals surface area contributed by atoms with E-state index in [0.717, 1.165) is 35.2 Å². The molecule has 1 aromatic heterocycles. The summed E-state index contributed by atoms with van der Waals surface area (Å²) >= 11 is 7.66. The van der Waals surface area contributed by atoms with Gasteiger partial charge in [-0.1, -0.05) is 35.5 Å². The molecule has 1 N–H and O–H groups in total. The van der Waals surface area contributed by atoms with Crippen LogP contribution >= 0.6 is 23.4 Å². The van der Waals surface area contributed by atoms with Crippen LogP contribution in [-0.2, 0) is 13.0 Å². The Hall–Kier alpha value is -1.04. The van der Waals surface area contributed by atoms with E-state index in [4.69, 9.17) is 11.6 Å². The number of benzene rings is 1. The Kier molecular flexibility index (Phi) is 4.29. The number of halogens is 1. The number of aryl methyl sites for hydroxylation is 1. The van der Waals surface area contributed by atoms with Gasteiger partial charge >= 0.3 is 0 Å². The maximum atomic E-state index is 9.30. The van der Waals surface area contributed by atoms with Crippen LogP contribution in [0.4, 0.5) is 0 Å². The molecule has 2 aromatic rings. The van der Waals surface area contributed by atoms with E-state index < -0.39 is 0 Å². The molecule has 0 radical (unpaired) electrons. The molecule has 1 heterocycles. The maximum absolute atomic E-state index is 9.30. The van der Waals surface area contributed by atoms with Crippen LogP contribution in [0.2, 0.25) is 5.02 Å². The van der Waals surface area contributed by atoms with Crippen LogP contribution in [0.5, 0.6) is 0 Å². The topological polar surface area (TPSA) is 50.9 Å². The van der Waals surface area contributed by atoms with Gasteiger partial charge in [0.05, 0.1) is 0 Å². The summed E-state index contributed by atoms with van der Waals surface area (Å²) in [5.41, 5.74) is 1.23. The normalized spacial score (nSPS) is 14.7. The second kappa shape index (κ2) is 6.16. The highest BCUT2D eigenvalue weighted by atomic mass is 35.5. The third-order valence-electron chi connectivity index (χ3n) is 3.30. The largest absolute Gasteiger partial charge is 0.388 e. The average Bonchev–Trinajstić information content (AvgIpc) is 3.20. The highest BCUT2D eigenvalue weighted by Crippen LogP contribution is 2.38. The van der Waals surface area contributed by atoms with Crippen molar-refractivity contribution in [1.82, 2.24) is 14.8 Å². The van der Waals surface area contributed by atoms with Gasteiger partial charge in [0.15, 0.2) is 11.0 Å². The van der Waals surface area contributed by atoms with Gasteiger partial charge in [0.2, 0.25) is 0 Å². The molecule has 0 atom stereocenters. The van der Waals surface area contributed by atoms with Crippen LogP contribution in [0.3, 0.4) is 0 Å². The number of hydrogen-bond acceptors (Lipinski definition) is 4. The molecule has 0 bridgehead atoms. The van der Waals surface area contributed by atoms with Crippen LogP contribution < -0.4 is 0 Å². The van der Waals surface area contributed by atoms with Crippen LogP contribution in [0, 0.1) is 0 Å². The van der Waals surface area contributed by atoms with E-state index in [1.165, 1.54) is 5.56 Å². The predicted molar refractivity (Wildman–Crippen MR) is 80.1 cm³/mol. The molecule has 3 rings (SSSR count). The Morgan fingerprint density at radius 3 is 2.90 bits per heavy atom. The first kappa shape index (κ1) is 13.9. The summed E-state index contributed by atoms with van der Waals surface area (Å²) in [4.78, 5) is 0. The lowest BCUT2D eigenvalue weighted by atomic mass is 10.2. The minimum atomic E-state index is -0.0433. The summed E-state index contributed by atoms with van der Waals surface area (Å²) in [5.74, 6) is 1.61. The van der Waals surface area contributed by atoms with Crippen LogP contribution in [-0.4, -0.2) is 25.6 Å². The third kappa shape index (κ3) is 3.16. The van der Waals surface area contributed by atoms with E-state index in [9.17, 15) is 5.11 Å². The third-order valence-corrected chi connectivity index (χ3v) is 4.48. The Bertz CT molecular complexity index is 598. The van der Waals surface area contributed by atoms with E-state index in [-0.39, 0.29) is 6.61 Å². The molecular weight excluding hydrogens is 294 g/mol. The first-order chi connectivity index (χ1) is 9.78. The van der Waals surface area contributed by atoms with Gasteiger partial charge in [-0.15, -0.1) is 10.2 Å². The summed E-state index contributed by atoms with van der Waals surface area (Å²) in [5, 5.41) is 19.2. The van der Waals surface area contributed by atoms with Crippen LogP contribution in [0.25, 0.3) is 0 Å². The highest BCUT2D eigenvalue weighted by Gasteiger charge is 2.29. The van der Waals surface area contributed by atoms with Gasteiger partial charge in [-0.2, -0.15) is 0 Å². The Morgan fingerprint density at radius 1 is 1.35 bits per heavy atom. The number of aromatic nitrogens is 3. The number of thioether (sulfide) groups is 1. The summed E-state index contributed by atoms with van der Waals surface area (Å²) < 4.78 is 2.09. The highest BCUT2D eigenvalue weighted by molar-refractivity contribution is 7.99. The second-order valence-electron chi connectivity index (χ2n) is 4.89. The fraction of sp³-hybridized carbons (Fsp3) is 0.429. The fourth-order valence-corrected chi connectivity index (χ4v) is 3.39. The molecule has 0 spiro atoms. The maximum Gasteiger partial charge on any atom is 0.191 e. The molecule has 106 valence electrons. The van der Waals surface area contributed by atoms with Gasteiger partial charge in [0.25, 0.3) is 0 Å². The number of hydrogen-bond donors (Lipinski definition) is 1. The lowest BCUT2D eigenvalue weighted by molar-refractivity contribution is 0.263. The Balaban J connectivity index is 1.62. The number of rotatable bonds is 6. The zero-order valence-electron chi connectivity index (χ0n) is 11.0. The quantitative estimate of drug-likeness (QED) is 0.833. The van der Waals surface area contributed by atoms with Crippen molar-refractivity contribution in [2.75, 3.05) is 5.75 Å². The molecular formula is C14H16ClN3OS. The van der Waals surface area contributed by atoms with Gasteiger partial charge < -0.3 is 9.67 Å². The van der Waals surface area contributed by atoms with Gasteiger partial charge in [-0.3, -0.25) is 0 Å². The van der Waals surface area contributed by atoms with E-state index in [1.54, 1.807) is 11.8 Å². The molecule has 1 aliphatic rings. The standard InChI is InChI=1S/C14H16ClN3OS/c15-11-3-1-2-10(8-11)6-7-20-14-17-16-13(9-19)18(14)12-4-5-12/h1-3,8,12,19H,4-7,9H2. The molecule has 1 saturated carbocycles. The van der Waals surface area contributed by atoms with E-state index in [2.05, 4.69) is 20.8 Å². The molecule has 4 nitrogen and oxygen atoms in total. The summed E-state index contributed by atoms with van der Waals surface area (Å²) in [6, 6.07) is 8.42. The summed E-state index contributed by atoms with van der Waals surface area (Å²) in [7, 11) is 0. The molecule has 0 amide bonds. The molecule has 0 unspecified atom stereocenters. The predicted octanol–water partition coefficient (Wildman–Crippen LogP) is 3.09. The Morgan fingerprint density at radius 2 is 2.20 bits per heavy atom. The van der Waals surface area contributed by atoms with Crippen molar-refractivity contribution in [2.45, 2.75) is 37.1 Å². The van der Waals surface area contributed by atoms with E-state index in [1.807, 2.05) is 18.2 Å². The van der Waals surface area contributed by atoms with Crippen molar-refractivity contribution >= 4 is 23.4 Å². The van der Waals surface area contributed by atoms with E-state index >= 15 is 0 Å². The zero-order chi connectivity index (χ0) is 13.9. The monoisotopic (exact) mass is 309 g/mol. The summed E-state index contributed by atoms with van der Waals surface area (Å²) in [6.45, 7) is -0.0433. The van der Waals surface area contributed by atoms with Crippen molar-refractivity contribution in [2.24, 2.45) is 0 Å². The molecule has 1 aromatic carbocycles. The smallest absolute Gasteiger partial charge is 0.191 e. The van der Waals surface area contributed by atoms with Gasteiger partial charge in [-0.25, -0.2) is 0 Å².